The van der Waals surface area contributed by atoms with Gasteiger partial charge < -0.3 is 0 Å². The lowest BCUT2D eigenvalue weighted by atomic mass is 9.64. The van der Waals surface area contributed by atoms with Gasteiger partial charge in [-0.25, -0.2) is 0 Å². The lowest BCUT2D eigenvalue weighted by Crippen LogP contribution is -2.30. The Balaban J connectivity index is 0.000000561. The molecule has 0 aromatic rings. The summed E-state index contributed by atoms with van der Waals surface area (Å²) >= 11 is 0. The van der Waals surface area contributed by atoms with Gasteiger partial charge >= 0.3 is 0 Å². The van der Waals surface area contributed by atoms with Crippen molar-refractivity contribution in [1.82, 2.24) is 0 Å². The van der Waals surface area contributed by atoms with Crippen LogP contribution in [0.25, 0.3) is 0 Å². The molecule has 0 saturated heterocycles. The van der Waals surface area contributed by atoms with E-state index >= 15 is 0 Å². The summed E-state index contributed by atoms with van der Waals surface area (Å²) in [6.07, 6.45) is 18.7. The van der Waals surface area contributed by atoms with E-state index in [0.717, 1.165) is 29.6 Å². The first kappa shape index (κ1) is 20.0. The van der Waals surface area contributed by atoms with Gasteiger partial charge in [-0.15, -0.1) is 0 Å². The topological polar surface area (TPSA) is 0 Å². The van der Waals surface area contributed by atoms with Gasteiger partial charge in [-0.2, -0.15) is 0 Å². The van der Waals surface area contributed by atoms with Gasteiger partial charge in [0.25, 0.3) is 0 Å². The Morgan fingerprint density at radius 2 is 0.864 bits per heavy atom. The average molecular weight is 309 g/mol. The van der Waals surface area contributed by atoms with E-state index in [9.17, 15) is 0 Å². The van der Waals surface area contributed by atoms with Crippen molar-refractivity contribution in [1.29, 1.82) is 0 Å². The first-order valence-corrected chi connectivity index (χ1v) is 10.8. The SMILES string of the molecule is CC.CC.CC1CCCC(C2CCCC(C3CCC3)C2)CC1. The van der Waals surface area contributed by atoms with Crippen molar-refractivity contribution >= 4 is 0 Å². The van der Waals surface area contributed by atoms with Crippen LogP contribution < -0.4 is 0 Å². The van der Waals surface area contributed by atoms with Crippen LogP contribution in [0.3, 0.4) is 0 Å². The predicted molar refractivity (Wildman–Crippen MR) is 101 cm³/mol. The van der Waals surface area contributed by atoms with E-state index in [1.54, 1.807) is 51.4 Å². The van der Waals surface area contributed by atoms with Gasteiger partial charge in [0.15, 0.2) is 0 Å². The third kappa shape index (κ3) is 5.89. The molecule has 0 aromatic carbocycles. The Morgan fingerprint density at radius 3 is 1.41 bits per heavy atom. The van der Waals surface area contributed by atoms with Crippen LogP contribution in [0.1, 0.15) is 112 Å². The molecule has 132 valence electrons. The van der Waals surface area contributed by atoms with Gasteiger partial charge in [-0.05, 0) is 42.4 Å². The quantitative estimate of drug-likeness (QED) is 0.455. The molecule has 0 spiro atoms. The Morgan fingerprint density at radius 1 is 0.455 bits per heavy atom. The summed E-state index contributed by atoms with van der Waals surface area (Å²) in [5.41, 5.74) is 0. The molecular weight excluding hydrogens is 264 g/mol. The van der Waals surface area contributed by atoms with Gasteiger partial charge in [-0.3, -0.25) is 0 Å². The van der Waals surface area contributed by atoms with E-state index in [2.05, 4.69) is 6.92 Å². The second-order valence-electron chi connectivity index (χ2n) is 7.75. The molecule has 4 atom stereocenters. The molecule has 0 radical (unpaired) electrons. The van der Waals surface area contributed by atoms with Crippen LogP contribution in [-0.4, -0.2) is 0 Å². The Labute approximate surface area is 141 Å². The maximum absolute atomic E-state index is 2.47. The van der Waals surface area contributed by atoms with Gasteiger partial charge in [0.05, 0.1) is 0 Å². The molecule has 3 saturated carbocycles. The highest BCUT2D eigenvalue weighted by molar-refractivity contribution is 4.86. The van der Waals surface area contributed by atoms with Crippen molar-refractivity contribution in [2.75, 3.05) is 0 Å². The van der Waals surface area contributed by atoms with Gasteiger partial charge in [0.2, 0.25) is 0 Å². The van der Waals surface area contributed by atoms with Gasteiger partial charge in [0, 0.05) is 0 Å². The van der Waals surface area contributed by atoms with Crippen LogP contribution in [-0.2, 0) is 0 Å². The van der Waals surface area contributed by atoms with Crippen molar-refractivity contribution in [2.45, 2.75) is 112 Å². The van der Waals surface area contributed by atoms with Crippen molar-refractivity contribution < 1.29 is 0 Å². The molecule has 4 unspecified atom stereocenters. The predicted octanol–water partition coefficient (Wildman–Crippen LogP) is 7.86. The Hall–Kier alpha value is 0. The van der Waals surface area contributed by atoms with E-state index < -0.39 is 0 Å². The molecular formula is C22H44. The first-order valence-electron chi connectivity index (χ1n) is 10.8. The minimum atomic E-state index is 1.01. The summed E-state index contributed by atoms with van der Waals surface area (Å²) < 4.78 is 0. The van der Waals surface area contributed by atoms with Crippen LogP contribution in [0.15, 0.2) is 0 Å². The molecule has 22 heavy (non-hydrogen) atoms. The van der Waals surface area contributed by atoms with Crippen molar-refractivity contribution in [3.63, 3.8) is 0 Å². The van der Waals surface area contributed by atoms with Crippen molar-refractivity contribution in [3.05, 3.63) is 0 Å². The summed E-state index contributed by atoms with van der Waals surface area (Å²) in [4.78, 5) is 0. The molecule has 0 bridgehead atoms. The van der Waals surface area contributed by atoms with Crippen molar-refractivity contribution in [2.24, 2.45) is 29.6 Å². The Bertz CT molecular complexity index is 253. The highest BCUT2D eigenvalue weighted by Crippen LogP contribution is 2.46. The molecule has 0 heterocycles. The maximum atomic E-state index is 2.47. The zero-order chi connectivity index (χ0) is 16.4. The first-order chi connectivity index (χ1) is 10.8. The van der Waals surface area contributed by atoms with Crippen LogP contribution in [0.2, 0.25) is 0 Å². The molecule has 3 fully saturated rings. The van der Waals surface area contributed by atoms with E-state index in [4.69, 9.17) is 0 Å². The fraction of sp³-hybridized carbons (Fsp3) is 1.00. The lowest BCUT2D eigenvalue weighted by molar-refractivity contribution is 0.101. The summed E-state index contributed by atoms with van der Waals surface area (Å²) in [5, 5.41) is 0. The normalized spacial score (nSPS) is 35.9. The molecule has 0 amide bonds. The second kappa shape index (κ2) is 11.5. The highest BCUT2D eigenvalue weighted by atomic mass is 14.4. The van der Waals surface area contributed by atoms with Gasteiger partial charge in [0.1, 0.15) is 0 Å². The number of hydrogen-bond donors (Lipinski definition) is 0. The van der Waals surface area contributed by atoms with E-state index in [1.807, 2.05) is 27.7 Å². The van der Waals surface area contributed by atoms with E-state index in [1.165, 1.54) is 25.7 Å². The smallest absolute Gasteiger partial charge is 0.0383 e. The summed E-state index contributed by atoms with van der Waals surface area (Å²) in [6, 6.07) is 0. The van der Waals surface area contributed by atoms with E-state index in [0.29, 0.717) is 0 Å². The molecule has 3 aliphatic carbocycles. The minimum Gasteiger partial charge on any atom is -0.0683 e. The summed E-state index contributed by atoms with van der Waals surface area (Å²) in [6.45, 7) is 10.5. The monoisotopic (exact) mass is 308 g/mol. The van der Waals surface area contributed by atoms with Crippen LogP contribution in [0, 0.1) is 29.6 Å². The maximum Gasteiger partial charge on any atom is -0.0383 e. The standard InChI is InChI=1S/C18H32.2C2H6/c1-14-5-2-6-16(12-11-14)18-10-4-9-17(13-18)15-7-3-8-15;2*1-2/h14-18H,2-13H2,1H3;2*1-2H3. The zero-order valence-electron chi connectivity index (χ0n) is 16.4. The van der Waals surface area contributed by atoms with Gasteiger partial charge in [-0.1, -0.05) is 98.8 Å². The van der Waals surface area contributed by atoms with Crippen molar-refractivity contribution in [3.8, 4) is 0 Å². The second-order valence-corrected chi connectivity index (χ2v) is 7.75. The van der Waals surface area contributed by atoms with E-state index in [-0.39, 0.29) is 0 Å². The number of rotatable bonds is 2. The summed E-state index contributed by atoms with van der Waals surface area (Å²) in [7, 11) is 0. The van der Waals surface area contributed by atoms with Crippen LogP contribution >= 0.6 is 0 Å². The number of hydrogen-bond acceptors (Lipinski definition) is 0. The fourth-order valence-electron chi connectivity index (χ4n) is 5.02. The van der Waals surface area contributed by atoms with Crippen LogP contribution in [0.4, 0.5) is 0 Å². The van der Waals surface area contributed by atoms with Crippen LogP contribution in [0.5, 0.6) is 0 Å². The zero-order valence-corrected chi connectivity index (χ0v) is 16.4. The molecule has 3 aliphatic rings. The Kier molecular flexibility index (Phi) is 10.5. The fourth-order valence-corrected chi connectivity index (χ4v) is 5.02. The largest absolute Gasteiger partial charge is 0.0683 e. The molecule has 3 rings (SSSR count). The molecule has 0 N–H and O–H groups in total. The highest BCUT2D eigenvalue weighted by Gasteiger charge is 2.34. The third-order valence-corrected chi connectivity index (χ3v) is 6.54. The summed E-state index contributed by atoms with van der Waals surface area (Å²) in [5.74, 6) is 5.53. The average Bonchev–Trinajstić information content (AvgIpc) is 2.75. The molecule has 0 heteroatoms. The third-order valence-electron chi connectivity index (χ3n) is 6.54. The lowest BCUT2D eigenvalue weighted by Gasteiger charge is -2.41. The molecule has 0 aromatic heterocycles. The minimum absolute atomic E-state index is 1.01. The molecule has 0 nitrogen and oxygen atoms in total. The molecule has 0 aliphatic heterocycles.